The molecule has 1 aromatic heterocycles. The van der Waals surface area contributed by atoms with Crippen LogP contribution < -0.4 is 10.6 Å². The second-order valence-corrected chi connectivity index (χ2v) is 5.20. The van der Waals surface area contributed by atoms with Crippen molar-refractivity contribution < 1.29 is 14.0 Å². The van der Waals surface area contributed by atoms with Crippen molar-refractivity contribution in [3.8, 4) is 0 Å². The summed E-state index contributed by atoms with van der Waals surface area (Å²) < 4.78 is 13.3. The lowest BCUT2D eigenvalue weighted by atomic mass is 10.1. The molecule has 1 aliphatic heterocycles. The Labute approximate surface area is 120 Å². The smallest absolute Gasteiger partial charge is 0.242 e. The fraction of sp³-hybridized carbons (Fsp3) is 0.333. The number of carbonyl (C=O) groups is 2. The molecule has 1 aliphatic rings. The third-order valence-corrected chi connectivity index (χ3v) is 3.73. The predicted molar refractivity (Wildman–Crippen MR) is 76.1 cm³/mol. The number of aromatic amines is 1. The molecule has 0 spiro atoms. The first-order chi connectivity index (χ1) is 10.1. The fourth-order valence-electron chi connectivity index (χ4n) is 2.61. The number of H-pyrrole nitrogens is 1. The van der Waals surface area contributed by atoms with Gasteiger partial charge in [-0.3, -0.25) is 9.59 Å². The van der Waals surface area contributed by atoms with Gasteiger partial charge < -0.3 is 15.6 Å². The third-order valence-electron chi connectivity index (χ3n) is 3.73. The summed E-state index contributed by atoms with van der Waals surface area (Å²) in [5.74, 6) is -0.518. The minimum atomic E-state index is -0.419. The molecule has 110 valence electrons. The second kappa shape index (κ2) is 5.55. The van der Waals surface area contributed by atoms with Gasteiger partial charge in [-0.1, -0.05) is 0 Å². The average molecular weight is 289 g/mol. The molecule has 3 rings (SSSR count). The van der Waals surface area contributed by atoms with Crippen LogP contribution in [0.3, 0.4) is 0 Å². The van der Waals surface area contributed by atoms with Crippen LogP contribution in [0.25, 0.3) is 10.9 Å². The molecule has 21 heavy (non-hydrogen) atoms. The van der Waals surface area contributed by atoms with Gasteiger partial charge in [0.1, 0.15) is 11.9 Å². The number of halogens is 1. The summed E-state index contributed by atoms with van der Waals surface area (Å²) in [4.78, 5) is 26.0. The van der Waals surface area contributed by atoms with Crippen molar-refractivity contribution in [1.29, 1.82) is 0 Å². The standard InChI is InChI=1S/C15H16FN3O2/c16-10-1-2-12-11(7-10)9(8-18-12)5-6-17-15(21)13-3-4-14(20)19-13/h1-2,7-8,13,18H,3-6H2,(H,17,21)(H,19,20). The van der Waals surface area contributed by atoms with Crippen molar-refractivity contribution in [2.75, 3.05) is 6.54 Å². The molecular formula is C15H16FN3O2. The van der Waals surface area contributed by atoms with Crippen LogP contribution in [0.5, 0.6) is 0 Å². The molecule has 6 heteroatoms. The zero-order valence-corrected chi connectivity index (χ0v) is 11.4. The van der Waals surface area contributed by atoms with Crippen LogP contribution in [0.1, 0.15) is 18.4 Å². The van der Waals surface area contributed by atoms with E-state index >= 15 is 0 Å². The Morgan fingerprint density at radius 2 is 2.29 bits per heavy atom. The lowest BCUT2D eigenvalue weighted by Gasteiger charge is -2.10. The van der Waals surface area contributed by atoms with E-state index in [1.54, 1.807) is 6.07 Å². The van der Waals surface area contributed by atoms with Gasteiger partial charge in [0, 0.05) is 30.1 Å². The van der Waals surface area contributed by atoms with E-state index in [4.69, 9.17) is 0 Å². The number of amides is 2. The number of hydrogen-bond acceptors (Lipinski definition) is 2. The Balaban J connectivity index is 1.58. The number of nitrogens with one attached hydrogen (secondary N) is 3. The van der Waals surface area contributed by atoms with Crippen molar-refractivity contribution in [1.82, 2.24) is 15.6 Å². The highest BCUT2D eigenvalue weighted by Gasteiger charge is 2.26. The van der Waals surface area contributed by atoms with Crippen LogP contribution in [0.2, 0.25) is 0 Å². The maximum absolute atomic E-state index is 13.3. The maximum Gasteiger partial charge on any atom is 0.242 e. The molecule has 5 nitrogen and oxygen atoms in total. The highest BCUT2D eigenvalue weighted by molar-refractivity contribution is 5.90. The molecule has 1 atom stereocenters. The molecule has 2 heterocycles. The van der Waals surface area contributed by atoms with Crippen LogP contribution in [0.4, 0.5) is 4.39 Å². The fourth-order valence-corrected chi connectivity index (χ4v) is 2.61. The van der Waals surface area contributed by atoms with Gasteiger partial charge in [-0.2, -0.15) is 0 Å². The highest BCUT2D eigenvalue weighted by atomic mass is 19.1. The van der Waals surface area contributed by atoms with Gasteiger partial charge in [0.25, 0.3) is 0 Å². The zero-order chi connectivity index (χ0) is 14.8. The molecule has 2 amide bonds. The number of rotatable bonds is 4. The van der Waals surface area contributed by atoms with Crippen molar-refractivity contribution >= 4 is 22.7 Å². The highest BCUT2D eigenvalue weighted by Crippen LogP contribution is 2.19. The predicted octanol–water partition coefficient (Wildman–Crippen LogP) is 1.24. The Kier molecular flexibility index (Phi) is 3.60. The third kappa shape index (κ3) is 2.89. The minimum absolute atomic E-state index is 0.0812. The van der Waals surface area contributed by atoms with Crippen molar-refractivity contribution in [2.24, 2.45) is 0 Å². The zero-order valence-electron chi connectivity index (χ0n) is 11.4. The number of hydrogen-bond donors (Lipinski definition) is 3. The Hall–Kier alpha value is -2.37. The molecule has 0 aliphatic carbocycles. The van der Waals surface area contributed by atoms with Crippen LogP contribution >= 0.6 is 0 Å². The summed E-state index contributed by atoms with van der Waals surface area (Å²) in [5.41, 5.74) is 1.83. The summed E-state index contributed by atoms with van der Waals surface area (Å²) in [7, 11) is 0. The van der Waals surface area contributed by atoms with Crippen molar-refractivity contribution in [2.45, 2.75) is 25.3 Å². The van der Waals surface area contributed by atoms with E-state index in [2.05, 4.69) is 15.6 Å². The van der Waals surface area contributed by atoms with Crippen LogP contribution in [0.15, 0.2) is 24.4 Å². The number of carbonyl (C=O) groups excluding carboxylic acids is 2. The molecule has 1 saturated heterocycles. The van der Waals surface area contributed by atoms with Crippen LogP contribution in [-0.2, 0) is 16.0 Å². The van der Waals surface area contributed by atoms with Gasteiger partial charge in [0.2, 0.25) is 11.8 Å². The summed E-state index contributed by atoms with van der Waals surface area (Å²) in [5, 5.41) is 6.26. The topological polar surface area (TPSA) is 74.0 Å². The van der Waals surface area contributed by atoms with E-state index < -0.39 is 6.04 Å². The monoisotopic (exact) mass is 289 g/mol. The van der Waals surface area contributed by atoms with Crippen molar-refractivity contribution in [3.05, 3.63) is 35.8 Å². The molecule has 1 unspecified atom stereocenters. The van der Waals surface area contributed by atoms with Crippen LogP contribution in [-0.4, -0.2) is 29.4 Å². The van der Waals surface area contributed by atoms with E-state index in [1.165, 1.54) is 12.1 Å². The van der Waals surface area contributed by atoms with Crippen molar-refractivity contribution in [3.63, 3.8) is 0 Å². The minimum Gasteiger partial charge on any atom is -0.361 e. The largest absolute Gasteiger partial charge is 0.361 e. The van der Waals surface area contributed by atoms with Gasteiger partial charge in [0.15, 0.2) is 0 Å². The number of benzene rings is 1. The van der Waals surface area contributed by atoms with E-state index in [-0.39, 0.29) is 17.6 Å². The quantitative estimate of drug-likeness (QED) is 0.792. The van der Waals surface area contributed by atoms with Crippen LogP contribution in [0, 0.1) is 5.82 Å². The molecule has 1 aromatic carbocycles. The molecule has 2 aromatic rings. The molecule has 3 N–H and O–H groups in total. The first-order valence-corrected chi connectivity index (χ1v) is 6.96. The Morgan fingerprint density at radius 3 is 3.05 bits per heavy atom. The maximum atomic E-state index is 13.3. The van der Waals surface area contributed by atoms with Gasteiger partial charge in [-0.05, 0) is 36.6 Å². The molecule has 0 radical (unpaired) electrons. The summed E-state index contributed by atoms with van der Waals surface area (Å²) in [6.45, 7) is 0.453. The Bertz CT molecular complexity index is 695. The second-order valence-electron chi connectivity index (χ2n) is 5.20. The van der Waals surface area contributed by atoms with Gasteiger partial charge in [0.05, 0.1) is 0 Å². The first kappa shape index (κ1) is 13.6. The van der Waals surface area contributed by atoms with E-state index in [0.717, 1.165) is 16.5 Å². The first-order valence-electron chi connectivity index (χ1n) is 6.96. The molecule has 1 fully saturated rings. The number of fused-ring (bicyclic) bond motifs is 1. The average Bonchev–Trinajstić information content (AvgIpc) is 3.05. The van der Waals surface area contributed by atoms with E-state index in [0.29, 0.717) is 25.8 Å². The molecular weight excluding hydrogens is 273 g/mol. The van der Waals surface area contributed by atoms with E-state index in [1.807, 2.05) is 6.20 Å². The van der Waals surface area contributed by atoms with Gasteiger partial charge in [-0.25, -0.2) is 4.39 Å². The van der Waals surface area contributed by atoms with E-state index in [9.17, 15) is 14.0 Å². The Morgan fingerprint density at radius 1 is 1.43 bits per heavy atom. The molecule has 0 saturated carbocycles. The SMILES string of the molecule is O=C1CCC(C(=O)NCCc2c[nH]c3ccc(F)cc23)N1. The lowest BCUT2D eigenvalue weighted by Crippen LogP contribution is -2.42. The molecule has 0 bridgehead atoms. The summed E-state index contributed by atoms with van der Waals surface area (Å²) in [6, 6.07) is 4.17. The summed E-state index contributed by atoms with van der Waals surface area (Å²) in [6.07, 6.45) is 3.38. The lowest BCUT2D eigenvalue weighted by molar-refractivity contribution is -0.125. The number of aromatic nitrogens is 1. The summed E-state index contributed by atoms with van der Waals surface area (Å²) >= 11 is 0. The normalized spacial score (nSPS) is 18.0. The van der Waals surface area contributed by atoms with Gasteiger partial charge >= 0.3 is 0 Å². The van der Waals surface area contributed by atoms with Gasteiger partial charge in [-0.15, -0.1) is 0 Å².